The number of aromatic nitrogens is 2. The van der Waals surface area contributed by atoms with E-state index < -0.39 is 0 Å². The Kier molecular flexibility index (Phi) is 5.62. The van der Waals surface area contributed by atoms with Crippen LogP contribution in [0.5, 0.6) is 0 Å². The second-order valence-corrected chi connectivity index (χ2v) is 6.68. The number of hydrogen-bond donors (Lipinski definition) is 1. The molecule has 0 aliphatic carbocycles. The zero-order valence-corrected chi connectivity index (χ0v) is 14.3. The molecule has 5 heteroatoms. The van der Waals surface area contributed by atoms with Gasteiger partial charge in [0.1, 0.15) is 0 Å². The predicted octanol–water partition coefficient (Wildman–Crippen LogP) is 4.40. The molecule has 0 amide bonds. The molecule has 0 unspecified atom stereocenters. The molecule has 2 rings (SSSR count). The van der Waals surface area contributed by atoms with Gasteiger partial charge in [-0.15, -0.1) is 0 Å². The van der Waals surface area contributed by atoms with E-state index in [9.17, 15) is 0 Å². The third-order valence-electron chi connectivity index (χ3n) is 2.90. The van der Waals surface area contributed by atoms with E-state index in [1.165, 1.54) is 17.3 Å². The molecule has 0 aliphatic heterocycles. The van der Waals surface area contributed by atoms with Crippen molar-refractivity contribution in [2.24, 2.45) is 0 Å². The molecule has 0 aliphatic rings. The van der Waals surface area contributed by atoms with E-state index in [-0.39, 0.29) is 0 Å². The second-order valence-electron chi connectivity index (χ2n) is 5.30. The van der Waals surface area contributed by atoms with Crippen LogP contribution < -0.4 is 5.32 Å². The van der Waals surface area contributed by atoms with Gasteiger partial charge in [-0.2, -0.15) is 0 Å². The maximum Gasteiger partial charge on any atom is 0.192 e. The summed E-state index contributed by atoms with van der Waals surface area (Å²) in [6.45, 7) is 9.00. The maximum absolute atomic E-state index is 6.37. The SMILES string of the molecule is Cc1cc(C)nc(Sc2c(Cl)cccc2CNC(C)C)n1. The third-order valence-corrected chi connectivity index (χ3v) is 4.38. The Morgan fingerprint density at radius 1 is 1.19 bits per heavy atom. The van der Waals surface area contributed by atoms with Crippen LogP contribution in [0.4, 0.5) is 0 Å². The first kappa shape index (κ1) is 16.3. The molecule has 1 aromatic heterocycles. The normalized spacial score (nSPS) is 11.1. The fourth-order valence-corrected chi connectivity index (χ4v) is 3.26. The predicted molar refractivity (Wildman–Crippen MR) is 89.1 cm³/mol. The number of halogens is 1. The number of rotatable bonds is 5. The fourth-order valence-electron chi connectivity index (χ4n) is 1.95. The van der Waals surface area contributed by atoms with Gasteiger partial charge in [0, 0.05) is 28.9 Å². The molecular weight excluding hydrogens is 302 g/mol. The van der Waals surface area contributed by atoms with Crippen molar-refractivity contribution < 1.29 is 0 Å². The van der Waals surface area contributed by atoms with Gasteiger partial charge >= 0.3 is 0 Å². The summed E-state index contributed by atoms with van der Waals surface area (Å²) >= 11 is 7.90. The van der Waals surface area contributed by atoms with E-state index in [1.807, 2.05) is 32.0 Å². The van der Waals surface area contributed by atoms with Gasteiger partial charge in [0.05, 0.1) is 5.02 Å². The molecule has 0 atom stereocenters. The average molecular weight is 322 g/mol. The molecule has 0 saturated heterocycles. The lowest BCUT2D eigenvalue weighted by atomic mass is 10.2. The number of hydrogen-bond acceptors (Lipinski definition) is 4. The minimum atomic E-state index is 0.430. The zero-order valence-electron chi connectivity index (χ0n) is 12.8. The van der Waals surface area contributed by atoms with Crippen molar-refractivity contribution in [1.29, 1.82) is 0 Å². The number of nitrogens with one attached hydrogen (secondary N) is 1. The maximum atomic E-state index is 6.37. The van der Waals surface area contributed by atoms with E-state index in [0.717, 1.165) is 33.0 Å². The van der Waals surface area contributed by atoms with Crippen LogP contribution in [0.15, 0.2) is 34.3 Å². The van der Waals surface area contributed by atoms with E-state index in [0.29, 0.717) is 6.04 Å². The van der Waals surface area contributed by atoms with Gasteiger partial charge in [-0.3, -0.25) is 0 Å². The molecule has 0 fully saturated rings. The van der Waals surface area contributed by atoms with Crippen LogP contribution in [0.2, 0.25) is 5.02 Å². The van der Waals surface area contributed by atoms with Crippen LogP contribution >= 0.6 is 23.4 Å². The highest BCUT2D eigenvalue weighted by molar-refractivity contribution is 7.99. The second kappa shape index (κ2) is 7.25. The molecule has 112 valence electrons. The quantitative estimate of drug-likeness (QED) is 0.828. The summed E-state index contributed by atoms with van der Waals surface area (Å²) in [4.78, 5) is 9.98. The highest BCUT2D eigenvalue weighted by atomic mass is 35.5. The Bertz CT molecular complexity index is 609. The lowest BCUT2D eigenvalue weighted by Crippen LogP contribution is -2.22. The van der Waals surface area contributed by atoms with Crippen LogP contribution in [-0.2, 0) is 6.54 Å². The van der Waals surface area contributed by atoms with Gasteiger partial charge in [-0.25, -0.2) is 9.97 Å². The smallest absolute Gasteiger partial charge is 0.192 e. The van der Waals surface area contributed by atoms with E-state index >= 15 is 0 Å². The van der Waals surface area contributed by atoms with Gasteiger partial charge in [0.2, 0.25) is 0 Å². The monoisotopic (exact) mass is 321 g/mol. The standard InChI is InChI=1S/C16H20ClN3S/c1-10(2)18-9-13-6-5-7-14(17)15(13)21-16-19-11(3)8-12(4)20-16/h5-8,10,18H,9H2,1-4H3. The molecule has 1 aromatic carbocycles. The Balaban J connectivity index is 2.29. The molecule has 21 heavy (non-hydrogen) atoms. The molecular formula is C16H20ClN3S. The summed E-state index contributed by atoms with van der Waals surface area (Å²) in [7, 11) is 0. The van der Waals surface area contributed by atoms with E-state index in [4.69, 9.17) is 11.6 Å². The minimum absolute atomic E-state index is 0.430. The van der Waals surface area contributed by atoms with Crippen LogP contribution in [0.25, 0.3) is 0 Å². The van der Waals surface area contributed by atoms with Gasteiger partial charge in [-0.05, 0) is 43.3 Å². The largest absolute Gasteiger partial charge is 0.310 e. The summed E-state index contributed by atoms with van der Waals surface area (Å²) in [6.07, 6.45) is 0. The molecule has 1 N–H and O–H groups in total. The van der Waals surface area contributed by atoms with Crippen molar-refractivity contribution in [3.8, 4) is 0 Å². The summed E-state index contributed by atoms with van der Waals surface area (Å²) in [5, 5.41) is 4.91. The van der Waals surface area contributed by atoms with Gasteiger partial charge in [0.25, 0.3) is 0 Å². The van der Waals surface area contributed by atoms with E-state index in [1.54, 1.807) is 0 Å². The molecule has 0 saturated carbocycles. The van der Waals surface area contributed by atoms with Crippen molar-refractivity contribution in [2.45, 2.75) is 50.3 Å². The number of benzene rings is 1. The first-order valence-electron chi connectivity index (χ1n) is 6.96. The molecule has 1 heterocycles. The highest BCUT2D eigenvalue weighted by Crippen LogP contribution is 2.34. The summed E-state index contributed by atoms with van der Waals surface area (Å²) in [5.74, 6) is 0. The Morgan fingerprint density at radius 2 is 1.86 bits per heavy atom. The average Bonchev–Trinajstić information content (AvgIpc) is 2.38. The van der Waals surface area contributed by atoms with Crippen LogP contribution in [0.3, 0.4) is 0 Å². The van der Waals surface area contributed by atoms with Crippen LogP contribution in [0, 0.1) is 13.8 Å². The van der Waals surface area contributed by atoms with Crippen molar-refractivity contribution in [1.82, 2.24) is 15.3 Å². The summed E-state index contributed by atoms with van der Waals surface area (Å²) < 4.78 is 0. The van der Waals surface area contributed by atoms with Crippen molar-refractivity contribution in [3.05, 3.63) is 46.2 Å². The molecule has 0 bridgehead atoms. The molecule has 3 nitrogen and oxygen atoms in total. The van der Waals surface area contributed by atoms with Crippen molar-refractivity contribution in [2.75, 3.05) is 0 Å². The van der Waals surface area contributed by atoms with Gasteiger partial charge in [-0.1, -0.05) is 37.6 Å². The third kappa shape index (κ3) is 4.70. The van der Waals surface area contributed by atoms with E-state index in [2.05, 4.69) is 35.2 Å². The summed E-state index contributed by atoms with van der Waals surface area (Å²) in [6, 6.07) is 8.38. The van der Waals surface area contributed by atoms with Crippen LogP contribution in [-0.4, -0.2) is 16.0 Å². The highest BCUT2D eigenvalue weighted by Gasteiger charge is 2.11. The Hall–Kier alpha value is -1.10. The topological polar surface area (TPSA) is 37.8 Å². The first-order valence-corrected chi connectivity index (χ1v) is 8.16. The molecule has 2 aromatic rings. The number of aryl methyl sites for hydroxylation is 2. The number of nitrogens with zero attached hydrogens (tertiary/aromatic N) is 2. The first-order chi connectivity index (χ1) is 9.95. The minimum Gasteiger partial charge on any atom is -0.310 e. The van der Waals surface area contributed by atoms with Crippen molar-refractivity contribution in [3.63, 3.8) is 0 Å². The zero-order chi connectivity index (χ0) is 15.4. The molecule has 0 radical (unpaired) electrons. The lowest BCUT2D eigenvalue weighted by molar-refractivity contribution is 0.584. The lowest BCUT2D eigenvalue weighted by Gasteiger charge is -2.13. The summed E-state index contributed by atoms with van der Waals surface area (Å²) in [5.41, 5.74) is 3.11. The Labute approximate surface area is 135 Å². The Morgan fingerprint density at radius 3 is 2.48 bits per heavy atom. The molecule has 0 spiro atoms. The fraction of sp³-hybridized carbons (Fsp3) is 0.375. The van der Waals surface area contributed by atoms with Crippen LogP contribution in [0.1, 0.15) is 30.8 Å². The van der Waals surface area contributed by atoms with Gasteiger partial charge in [0.15, 0.2) is 5.16 Å². The van der Waals surface area contributed by atoms with Gasteiger partial charge < -0.3 is 5.32 Å². The van der Waals surface area contributed by atoms with Crippen molar-refractivity contribution >= 4 is 23.4 Å².